The third-order valence-corrected chi connectivity index (χ3v) is 14.8. The van der Waals surface area contributed by atoms with Crippen molar-refractivity contribution >= 4 is 17.9 Å². The predicted octanol–water partition coefficient (Wildman–Crippen LogP) is 23.6. The zero-order valence-corrected chi connectivity index (χ0v) is 52.8. The van der Waals surface area contributed by atoms with E-state index in [0.717, 1.165) is 116 Å². The Hall–Kier alpha value is -3.67. The molecule has 6 heteroatoms. The van der Waals surface area contributed by atoms with Crippen LogP contribution in [0.3, 0.4) is 0 Å². The molecule has 0 bridgehead atoms. The number of allylic oxidation sites excluding steroid dienone is 16. The summed E-state index contributed by atoms with van der Waals surface area (Å²) in [7, 11) is 0. The van der Waals surface area contributed by atoms with E-state index in [1.165, 1.54) is 180 Å². The Morgan fingerprint density at radius 3 is 0.762 bits per heavy atom. The zero-order valence-electron chi connectivity index (χ0n) is 52.8. The van der Waals surface area contributed by atoms with Crippen molar-refractivity contribution in [1.29, 1.82) is 0 Å². The molecule has 0 aromatic rings. The SMILES string of the molecule is CC/C=C\C/C=C\C/C=C\C/C=C\CCCCCCCCCCCCCCCCCCCCCCCCC(=O)OCC(COC(=O)CCCCCCCC)OC(=O)CCCCCCCCCC/C=C\C/C=C\C/C=C\C/C=C\CC. The van der Waals surface area contributed by atoms with E-state index < -0.39 is 6.10 Å². The maximum absolute atomic E-state index is 12.9. The van der Waals surface area contributed by atoms with E-state index >= 15 is 0 Å². The molecular formula is C74H128O6. The van der Waals surface area contributed by atoms with Gasteiger partial charge in [-0.1, -0.05) is 317 Å². The molecule has 0 amide bonds. The maximum Gasteiger partial charge on any atom is 0.306 e. The van der Waals surface area contributed by atoms with Crippen LogP contribution in [0.15, 0.2) is 97.2 Å². The highest BCUT2D eigenvalue weighted by molar-refractivity contribution is 5.71. The summed E-state index contributed by atoms with van der Waals surface area (Å²) in [6, 6.07) is 0. The van der Waals surface area contributed by atoms with Crippen molar-refractivity contribution in [2.24, 2.45) is 0 Å². The minimum absolute atomic E-state index is 0.0764. The van der Waals surface area contributed by atoms with Gasteiger partial charge in [0.1, 0.15) is 13.2 Å². The summed E-state index contributed by atoms with van der Waals surface area (Å²) in [5, 5.41) is 0. The second-order valence-electron chi connectivity index (χ2n) is 22.7. The topological polar surface area (TPSA) is 78.9 Å². The van der Waals surface area contributed by atoms with E-state index in [9.17, 15) is 14.4 Å². The number of ether oxygens (including phenoxy) is 3. The third-order valence-electron chi connectivity index (χ3n) is 14.8. The van der Waals surface area contributed by atoms with Crippen molar-refractivity contribution < 1.29 is 28.6 Å². The standard InChI is InChI=1S/C74H128O6/c1-4-7-10-13-16-18-20-22-24-26-28-30-31-32-33-34-35-36-37-38-39-40-41-42-43-45-46-48-50-52-54-56-58-61-64-67-73(76)79-70-71(69-78-72(75)66-63-60-15-12-9-6-3)80-74(77)68-65-62-59-57-55-53-51-49-47-44-29-27-25-23-21-19-17-14-11-8-5-2/h7-8,10-11,16-19,22-25,28-30,44,71H,4-6,9,12-15,20-21,26-27,31-43,45-70H2,1-3H3/b10-7-,11-8-,18-16-,19-17-,24-22-,25-23-,30-28-,44-29-. The van der Waals surface area contributed by atoms with Crippen LogP contribution in [-0.2, 0) is 28.6 Å². The van der Waals surface area contributed by atoms with Crippen LogP contribution in [0.1, 0.15) is 335 Å². The summed E-state index contributed by atoms with van der Waals surface area (Å²) in [5.74, 6) is -0.881. The number of rotatable bonds is 62. The van der Waals surface area contributed by atoms with Crippen molar-refractivity contribution in [3.8, 4) is 0 Å². The van der Waals surface area contributed by atoms with E-state index in [1.54, 1.807) is 0 Å². The lowest BCUT2D eigenvalue weighted by Gasteiger charge is -2.18. The van der Waals surface area contributed by atoms with Crippen LogP contribution < -0.4 is 0 Å². The van der Waals surface area contributed by atoms with Gasteiger partial charge in [0.2, 0.25) is 0 Å². The number of hydrogen-bond donors (Lipinski definition) is 0. The Balaban J connectivity index is 3.96. The number of unbranched alkanes of at least 4 members (excludes halogenated alkanes) is 35. The number of hydrogen-bond acceptors (Lipinski definition) is 6. The minimum Gasteiger partial charge on any atom is -0.462 e. The van der Waals surface area contributed by atoms with Crippen molar-refractivity contribution in [3.63, 3.8) is 0 Å². The Morgan fingerprint density at radius 2 is 0.487 bits per heavy atom. The number of esters is 3. The average Bonchev–Trinajstić information content (AvgIpc) is 3.46. The maximum atomic E-state index is 12.9. The van der Waals surface area contributed by atoms with Crippen molar-refractivity contribution in [3.05, 3.63) is 97.2 Å². The normalized spacial score (nSPS) is 12.7. The van der Waals surface area contributed by atoms with E-state index in [-0.39, 0.29) is 31.1 Å². The monoisotopic (exact) mass is 1110 g/mol. The molecule has 0 fully saturated rings. The zero-order chi connectivity index (χ0) is 57.8. The second-order valence-corrected chi connectivity index (χ2v) is 22.7. The average molecular weight is 1110 g/mol. The molecular weight excluding hydrogens is 985 g/mol. The highest BCUT2D eigenvalue weighted by atomic mass is 16.6. The molecule has 0 aliphatic carbocycles. The molecule has 0 rings (SSSR count). The Labute approximate surface area is 496 Å². The van der Waals surface area contributed by atoms with Gasteiger partial charge in [-0.25, -0.2) is 0 Å². The fraction of sp³-hybridized carbons (Fsp3) is 0.743. The molecule has 6 nitrogen and oxygen atoms in total. The molecule has 0 saturated carbocycles. The first kappa shape index (κ1) is 76.3. The lowest BCUT2D eigenvalue weighted by molar-refractivity contribution is -0.167. The first-order valence-corrected chi connectivity index (χ1v) is 34.2. The molecule has 0 aliphatic rings. The minimum atomic E-state index is -0.777. The lowest BCUT2D eigenvalue weighted by atomic mass is 10.0. The van der Waals surface area contributed by atoms with Gasteiger partial charge in [0, 0.05) is 19.3 Å². The molecule has 460 valence electrons. The first-order valence-electron chi connectivity index (χ1n) is 34.2. The number of carbonyl (C=O) groups excluding carboxylic acids is 3. The second kappa shape index (κ2) is 67.8. The molecule has 0 aromatic heterocycles. The van der Waals surface area contributed by atoms with Crippen LogP contribution in [0, 0.1) is 0 Å². The van der Waals surface area contributed by atoms with Crippen molar-refractivity contribution in [2.45, 2.75) is 341 Å². The molecule has 0 aromatic carbocycles. The van der Waals surface area contributed by atoms with Crippen LogP contribution in [-0.4, -0.2) is 37.2 Å². The van der Waals surface area contributed by atoms with E-state index in [4.69, 9.17) is 14.2 Å². The van der Waals surface area contributed by atoms with Crippen LogP contribution in [0.2, 0.25) is 0 Å². The number of carbonyl (C=O) groups is 3. The summed E-state index contributed by atoms with van der Waals surface area (Å²) >= 11 is 0. The smallest absolute Gasteiger partial charge is 0.306 e. The molecule has 0 heterocycles. The van der Waals surface area contributed by atoms with Gasteiger partial charge in [-0.3, -0.25) is 14.4 Å². The van der Waals surface area contributed by atoms with Gasteiger partial charge in [-0.2, -0.15) is 0 Å². The van der Waals surface area contributed by atoms with Gasteiger partial charge in [0.15, 0.2) is 6.10 Å². The molecule has 1 atom stereocenters. The van der Waals surface area contributed by atoms with Crippen LogP contribution in [0.4, 0.5) is 0 Å². The van der Waals surface area contributed by atoms with E-state index in [1.807, 2.05) is 0 Å². The molecule has 0 aliphatic heterocycles. The van der Waals surface area contributed by atoms with Gasteiger partial charge in [0.05, 0.1) is 0 Å². The van der Waals surface area contributed by atoms with Gasteiger partial charge in [0.25, 0.3) is 0 Å². The highest BCUT2D eigenvalue weighted by Crippen LogP contribution is 2.18. The summed E-state index contributed by atoms with van der Waals surface area (Å²) in [5.41, 5.74) is 0. The van der Waals surface area contributed by atoms with Gasteiger partial charge in [-0.15, -0.1) is 0 Å². The fourth-order valence-electron chi connectivity index (χ4n) is 9.78. The Bertz CT molecular complexity index is 1560. The molecule has 1 unspecified atom stereocenters. The molecule has 80 heavy (non-hydrogen) atoms. The molecule has 0 spiro atoms. The Morgan fingerprint density at radius 1 is 0.263 bits per heavy atom. The van der Waals surface area contributed by atoms with E-state index in [0.29, 0.717) is 19.3 Å². The molecule has 0 radical (unpaired) electrons. The molecule has 0 saturated heterocycles. The first-order chi connectivity index (χ1) is 39.5. The summed E-state index contributed by atoms with van der Waals surface area (Å²) in [6.45, 7) is 6.38. The molecule has 0 N–H and O–H groups in total. The fourth-order valence-corrected chi connectivity index (χ4v) is 9.78. The van der Waals surface area contributed by atoms with Gasteiger partial charge < -0.3 is 14.2 Å². The lowest BCUT2D eigenvalue weighted by Crippen LogP contribution is -2.30. The van der Waals surface area contributed by atoms with Gasteiger partial charge in [-0.05, 0) is 96.3 Å². The quantitative estimate of drug-likeness (QED) is 0.0261. The summed E-state index contributed by atoms with van der Waals surface area (Å²) < 4.78 is 16.8. The predicted molar refractivity (Wildman–Crippen MR) is 348 cm³/mol. The van der Waals surface area contributed by atoms with Crippen molar-refractivity contribution in [2.75, 3.05) is 13.2 Å². The van der Waals surface area contributed by atoms with Crippen molar-refractivity contribution in [1.82, 2.24) is 0 Å². The van der Waals surface area contributed by atoms with Crippen LogP contribution in [0.5, 0.6) is 0 Å². The van der Waals surface area contributed by atoms with Gasteiger partial charge >= 0.3 is 17.9 Å². The van der Waals surface area contributed by atoms with Crippen LogP contribution >= 0.6 is 0 Å². The Kier molecular flexibility index (Phi) is 64.7. The highest BCUT2D eigenvalue weighted by Gasteiger charge is 2.19. The summed E-state index contributed by atoms with van der Waals surface area (Å²) in [4.78, 5) is 38.1. The largest absolute Gasteiger partial charge is 0.462 e. The third kappa shape index (κ3) is 65.1. The van der Waals surface area contributed by atoms with Crippen LogP contribution in [0.25, 0.3) is 0 Å². The van der Waals surface area contributed by atoms with E-state index in [2.05, 4.69) is 118 Å². The summed E-state index contributed by atoms with van der Waals surface area (Å²) in [6.07, 6.45) is 92.0.